The Bertz CT molecular complexity index is 196. The van der Waals surface area contributed by atoms with Gasteiger partial charge in [0.25, 0.3) is 0 Å². The van der Waals surface area contributed by atoms with E-state index in [1.807, 2.05) is 0 Å². The van der Waals surface area contributed by atoms with Crippen LogP contribution in [0.5, 0.6) is 0 Å². The Balaban J connectivity index is 2.51. The van der Waals surface area contributed by atoms with Crippen LogP contribution in [0, 0.1) is 5.92 Å². The number of hydrogen-bond acceptors (Lipinski definition) is 3. The summed E-state index contributed by atoms with van der Waals surface area (Å²) < 4.78 is 0. The lowest BCUT2D eigenvalue weighted by molar-refractivity contribution is -0.146. The molecule has 12 heavy (non-hydrogen) atoms. The molecule has 1 saturated heterocycles. The van der Waals surface area contributed by atoms with Gasteiger partial charge in [0.1, 0.15) is 5.92 Å². The molecule has 1 aliphatic heterocycles. The first-order valence-electron chi connectivity index (χ1n) is 4.13. The summed E-state index contributed by atoms with van der Waals surface area (Å²) in [6.07, 6.45) is 1.74. The Morgan fingerprint density at radius 3 is 2.67 bits per heavy atom. The van der Waals surface area contributed by atoms with Crippen LogP contribution in [0.2, 0.25) is 0 Å². The fourth-order valence-electron chi connectivity index (χ4n) is 1.35. The van der Waals surface area contributed by atoms with Crippen molar-refractivity contribution in [3.63, 3.8) is 0 Å². The Hall–Kier alpha value is -0.900. The van der Waals surface area contributed by atoms with E-state index in [1.165, 1.54) is 6.92 Å². The number of ketones is 1. The number of nitrogens with one attached hydrogen (secondary N) is 1. The summed E-state index contributed by atoms with van der Waals surface area (Å²) in [5.74, 6) is -2.10. The van der Waals surface area contributed by atoms with Crippen LogP contribution in [0.3, 0.4) is 0 Å². The van der Waals surface area contributed by atoms with Gasteiger partial charge in [0.2, 0.25) is 0 Å². The van der Waals surface area contributed by atoms with E-state index in [-0.39, 0.29) is 11.8 Å². The largest absolute Gasteiger partial charge is 0.481 e. The highest BCUT2D eigenvalue weighted by Gasteiger charge is 2.29. The molecule has 68 valence electrons. The van der Waals surface area contributed by atoms with Gasteiger partial charge in [-0.2, -0.15) is 0 Å². The maximum Gasteiger partial charge on any atom is 0.313 e. The van der Waals surface area contributed by atoms with Crippen molar-refractivity contribution in [2.45, 2.75) is 25.8 Å². The van der Waals surface area contributed by atoms with E-state index in [1.54, 1.807) is 0 Å². The van der Waals surface area contributed by atoms with Crippen molar-refractivity contribution in [3.05, 3.63) is 0 Å². The van der Waals surface area contributed by atoms with Crippen LogP contribution in [0.1, 0.15) is 19.8 Å². The zero-order chi connectivity index (χ0) is 9.14. The van der Waals surface area contributed by atoms with E-state index >= 15 is 0 Å². The molecule has 1 fully saturated rings. The Kier molecular flexibility index (Phi) is 2.81. The quantitative estimate of drug-likeness (QED) is 0.588. The highest BCUT2D eigenvalue weighted by atomic mass is 16.4. The summed E-state index contributed by atoms with van der Waals surface area (Å²) in [4.78, 5) is 21.8. The van der Waals surface area contributed by atoms with Crippen molar-refractivity contribution in [3.8, 4) is 0 Å². The van der Waals surface area contributed by atoms with E-state index in [0.29, 0.717) is 0 Å². The maximum atomic E-state index is 11.3. The minimum absolute atomic E-state index is 0.194. The van der Waals surface area contributed by atoms with Crippen LogP contribution in [-0.4, -0.2) is 29.4 Å². The number of carbonyl (C=O) groups excluding carboxylic acids is 1. The van der Waals surface area contributed by atoms with E-state index in [4.69, 9.17) is 5.11 Å². The first-order valence-corrected chi connectivity index (χ1v) is 4.13. The topological polar surface area (TPSA) is 66.4 Å². The molecule has 4 nitrogen and oxygen atoms in total. The number of carboxylic acids is 1. The van der Waals surface area contributed by atoms with Crippen LogP contribution < -0.4 is 5.32 Å². The molecule has 0 spiro atoms. The molecule has 0 saturated carbocycles. The number of hydrogen-bond donors (Lipinski definition) is 2. The second-order valence-electron chi connectivity index (χ2n) is 3.11. The minimum atomic E-state index is -1.03. The highest BCUT2D eigenvalue weighted by molar-refractivity contribution is 6.00. The van der Waals surface area contributed by atoms with Gasteiger partial charge in [-0.1, -0.05) is 0 Å². The van der Waals surface area contributed by atoms with Gasteiger partial charge in [-0.3, -0.25) is 9.59 Å². The van der Waals surface area contributed by atoms with Crippen molar-refractivity contribution >= 4 is 11.8 Å². The average Bonchev–Trinajstić information content (AvgIpc) is 2.53. The van der Waals surface area contributed by atoms with Crippen molar-refractivity contribution in [2.75, 3.05) is 6.54 Å². The molecule has 1 unspecified atom stereocenters. The smallest absolute Gasteiger partial charge is 0.313 e. The molecule has 1 rings (SSSR count). The number of rotatable bonds is 3. The molecule has 0 bridgehead atoms. The third-order valence-electron chi connectivity index (χ3n) is 2.20. The van der Waals surface area contributed by atoms with Crippen molar-refractivity contribution in [2.24, 2.45) is 5.92 Å². The zero-order valence-corrected chi connectivity index (χ0v) is 7.04. The van der Waals surface area contributed by atoms with Crippen LogP contribution in [0.4, 0.5) is 0 Å². The highest BCUT2D eigenvalue weighted by Crippen LogP contribution is 2.11. The SMILES string of the molecule is CC(C(=O)O)C(=O)[C@@H]1CCCN1. The van der Waals surface area contributed by atoms with Gasteiger partial charge in [-0.15, -0.1) is 0 Å². The first kappa shape index (κ1) is 9.19. The predicted octanol–water partition coefficient (Wildman–Crippen LogP) is 0.0282. The van der Waals surface area contributed by atoms with Gasteiger partial charge >= 0.3 is 5.97 Å². The molecular weight excluding hydrogens is 158 g/mol. The second-order valence-corrected chi connectivity index (χ2v) is 3.11. The monoisotopic (exact) mass is 171 g/mol. The summed E-state index contributed by atoms with van der Waals surface area (Å²) in [5, 5.41) is 11.5. The fourth-order valence-corrected chi connectivity index (χ4v) is 1.35. The number of carbonyl (C=O) groups is 2. The molecule has 1 aliphatic rings. The number of carboxylic acid groups (broad SMARTS) is 1. The maximum absolute atomic E-state index is 11.3. The molecule has 0 radical (unpaired) electrons. The molecule has 4 heteroatoms. The standard InChI is InChI=1S/C8H13NO3/c1-5(8(11)12)7(10)6-3-2-4-9-6/h5-6,9H,2-4H2,1H3,(H,11,12)/t5?,6-/m0/s1. The van der Waals surface area contributed by atoms with Crippen LogP contribution in [-0.2, 0) is 9.59 Å². The van der Waals surface area contributed by atoms with Crippen molar-refractivity contribution < 1.29 is 14.7 Å². The minimum Gasteiger partial charge on any atom is -0.481 e. The molecule has 2 atom stereocenters. The van der Waals surface area contributed by atoms with Crippen LogP contribution in [0.25, 0.3) is 0 Å². The van der Waals surface area contributed by atoms with Crippen molar-refractivity contribution in [1.82, 2.24) is 5.32 Å². The van der Waals surface area contributed by atoms with Crippen LogP contribution in [0.15, 0.2) is 0 Å². The summed E-state index contributed by atoms with van der Waals surface area (Å²) >= 11 is 0. The van der Waals surface area contributed by atoms with Gasteiger partial charge < -0.3 is 10.4 Å². The fraction of sp³-hybridized carbons (Fsp3) is 0.750. The molecule has 0 amide bonds. The summed E-state index contributed by atoms with van der Waals surface area (Å²) in [6, 6.07) is -0.226. The summed E-state index contributed by atoms with van der Waals surface area (Å²) in [6.45, 7) is 2.26. The molecular formula is C8H13NO3. The van der Waals surface area contributed by atoms with Gasteiger partial charge in [0, 0.05) is 0 Å². The van der Waals surface area contributed by atoms with E-state index in [0.717, 1.165) is 19.4 Å². The van der Waals surface area contributed by atoms with Gasteiger partial charge in [-0.25, -0.2) is 0 Å². The lowest BCUT2D eigenvalue weighted by Gasteiger charge is -2.11. The van der Waals surface area contributed by atoms with E-state index < -0.39 is 11.9 Å². The summed E-state index contributed by atoms with van der Waals surface area (Å²) in [7, 11) is 0. The average molecular weight is 171 g/mol. The van der Waals surface area contributed by atoms with Gasteiger partial charge in [0.05, 0.1) is 6.04 Å². The molecule has 0 aromatic rings. The second kappa shape index (κ2) is 3.67. The molecule has 2 N–H and O–H groups in total. The Morgan fingerprint density at radius 1 is 1.58 bits per heavy atom. The molecule has 0 aromatic heterocycles. The third-order valence-corrected chi connectivity index (χ3v) is 2.20. The molecule has 1 heterocycles. The number of Topliss-reactive ketones (excluding diaryl/α,β-unsaturated/α-hetero) is 1. The normalized spacial score (nSPS) is 25.2. The predicted molar refractivity (Wildman–Crippen MR) is 42.8 cm³/mol. The van der Waals surface area contributed by atoms with E-state index in [2.05, 4.69) is 5.32 Å². The lowest BCUT2D eigenvalue weighted by atomic mass is 9.99. The Morgan fingerprint density at radius 2 is 2.25 bits per heavy atom. The van der Waals surface area contributed by atoms with E-state index in [9.17, 15) is 9.59 Å². The summed E-state index contributed by atoms with van der Waals surface area (Å²) in [5.41, 5.74) is 0. The molecule has 0 aromatic carbocycles. The van der Waals surface area contributed by atoms with Gasteiger partial charge in [0.15, 0.2) is 5.78 Å². The first-order chi connectivity index (χ1) is 5.63. The van der Waals surface area contributed by atoms with Crippen LogP contribution >= 0.6 is 0 Å². The zero-order valence-electron chi connectivity index (χ0n) is 7.04. The van der Waals surface area contributed by atoms with Crippen molar-refractivity contribution in [1.29, 1.82) is 0 Å². The lowest BCUT2D eigenvalue weighted by Crippen LogP contribution is -2.37. The Labute approximate surface area is 71.0 Å². The number of aliphatic carboxylic acids is 1. The molecule has 0 aliphatic carbocycles. The third kappa shape index (κ3) is 1.82. The van der Waals surface area contributed by atoms with Gasteiger partial charge in [-0.05, 0) is 26.3 Å².